The van der Waals surface area contributed by atoms with E-state index in [1.54, 1.807) is 60.7 Å². The molecule has 0 aromatic heterocycles. The van der Waals surface area contributed by atoms with Crippen LogP contribution in [0.1, 0.15) is 21.5 Å². The lowest BCUT2D eigenvalue weighted by molar-refractivity contribution is 0.0956. The zero-order valence-corrected chi connectivity index (χ0v) is 20.4. The number of hydrogen-bond acceptors (Lipinski definition) is 4. The van der Waals surface area contributed by atoms with Gasteiger partial charge in [0.1, 0.15) is 5.82 Å². The summed E-state index contributed by atoms with van der Waals surface area (Å²) in [5, 5.41) is 3.23. The smallest absolute Gasteiger partial charge is 0.251 e. The molecule has 0 unspecified atom stereocenters. The first kappa shape index (κ1) is 25.1. The maximum absolute atomic E-state index is 13.8. The van der Waals surface area contributed by atoms with Gasteiger partial charge in [-0.3, -0.25) is 9.10 Å². The minimum Gasteiger partial charge on any atom is -0.351 e. The Kier molecular flexibility index (Phi) is 8.77. The number of benzene rings is 3. The van der Waals surface area contributed by atoms with Gasteiger partial charge in [-0.05, 0) is 42.0 Å². The Bertz CT molecular complexity index is 1170. The second kappa shape index (κ2) is 11.5. The average Bonchev–Trinajstić information content (AvgIpc) is 2.79. The number of halogens is 2. The Hall–Kier alpha value is -2.55. The molecule has 1 N–H and O–H groups in total. The van der Waals surface area contributed by atoms with Gasteiger partial charge in [0.2, 0.25) is 10.0 Å². The van der Waals surface area contributed by atoms with Gasteiger partial charge in [-0.1, -0.05) is 48.0 Å². The van der Waals surface area contributed by atoms with Crippen molar-refractivity contribution in [2.75, 3.05) is 22.9 Å². The van der Waals surface area contributed by atoms with Crippen LogP contribution in [0.4, 0.5) is 10.1 Å². The highest BCUT2D eigenvalue weighted by molar-refractivity contribution is 7.98. The van der Waals surface area contributed by atoms with Crippen molar-refractivity contribution in [3.63, 3.8) is 0 Å². The van der Waals surface area contributed by atoms with Gasteiger partial charge in [0.25, 0.3) is 5.91 Å². The minimum atomic E-state index is -3.47. The number of amides is 1. The molecule has 9 heteroatoms. The maximum atomic E-state index is 13.8. The highest BCUT2D eigenvalue weighted by atomic mass is 35.5. The van der Waals surface area contributed by atoms with Crippen molar-refractivity contribution >= 4 is 45.0 Å². The third-order valence-electron chi connectivity index (χ3n) is 4.83. The fourth-order valence-electron chi connectivity index (χ4n) is 3.10. The summed E-state index contributed by atoms with van der Waals surface area (Å²) in [5.74, 6) is 0.471. The number of rotatable bonds is 10. The van der Waals surface area contributed by atoms with Crippen LogP contribution in [0.25, 0.3) is 0 Å². The summed E-state index contributed by atoms with van der Waals surface area (Å²) in [4.78, 5) is 12.4. The first-order valence-corrected chi connectivity index (χ1v) is 13.5. The number of thioether (sulfide) groups is 1. The molecule has 3 aromatic carbocycles. The van der Waals surface area contributed by atoms with Gasteiger partial charge in [0, 0.05) is 34.2 Å². The Morgan fingerprint density at radius 2 is 1.73 bits per heavy atom. The van der Waals surface area contributed by atoms with Crippen LogP contribution in [-0.4, -0.2) is 32.9 Å². The first-order chi connectivity index (χ1) is 15.8. The molecule has 0 aliphatic heterocycles. The van der Waals surface area contributed by atoms with Gasteiger partial charge in [-0.15, -0.1) is 0 Å². The van der Waals surface area contributed by atoms with Gasteiger partial charge in [-0.25, -0.2) is 12.8 Å². The molecule has 0 bridgehead atoms. The van der Waals surface area contributed by atoms with Gasteiger partial charge < -0.3 is 5.32 Å². The predicted molar refractivity (Wildman–Crippen MR) is 134 cm³/mol. The SMILES string of the molecule is CS(=O)(=O)N(Cc1ccc(C(=O)NCCSCc2c(F)cccc2Cl)cc1)c1ccccc1. The van der Waals surface area contributed by atoms with Crippen molar-refractivity contribution in [1.29, 1.82) is 0 Å². The fraction of sp³-hybridized carbons (Fsp3) is 0.208. The Morgan fingerprint density at radius 1 is 1.03 bits per heavy atom. The maximum Gasteiger partial charge on any atom is 0.251 e. The Labute approximate surface area is 203 Å². The van der Waals surface area contributed by atoms with Crippen LogP contribution in [-0.2, 0) is 22.3 Å². The summed E-state index contributed by atoms with van der Waals surface area (Å²) >= 11 is 7.50. The topological polar surface area (TPSA) is 66.5 Å². The molecule has 174 valence electrons. The zero-order chi connectivity index (χ0) is 23.8. The van der Waals surface area contributed by atoms with Crippen LogP contribution in [0.2, 0.25) is 5.02 Å². The van der Waals surface area contributed by atoms with Gasteiger partial charge >= 0.3 is 0 Å². The molecule has 0 spiro atoms. The molecular weight excluding hydrogens is 483 g/mol. The van der Waals surface area contributed by atoms with Gasteiger partial charge in [-0.2, -0.15) is 11.8 Å². The number of hydrogen-bond donors (Lipinski definition) is 1. The van der Waals surface area contributed by atoms with E-state index in [2.05, 4.69) is 5.32 Å². The van der Waals surface area contributed by atoms with Crippen molar-refractivity contribution in [2.45, 2.75) is 12.3 Å². The summed E-state index contributed by atoms with van der Waals surface area (Å²) in [6, 6.07) is 20.3. The van der Waals surface area contributed by atoms with Crippen molar-refractivity contribution in [1.82, 2.24) is 5.32 Å². The van der Waals surface area contributed by atoms with Gasteiger partial charge in [0.05, 0.1) is 18.5 Å². The molecule has 33 heavy (non-hydrogen) atoms. The second-order valence-electron chi connectivity index (χ2n) is 7.31. The molecular formula is C24H24ClFN2O3S2. The summed E-state index contributed by atoms with van der Waals surface area (Å²) < 4.78 is 39.6. The van der Waals surface area contributed by atoms with Crippen LogP contribution < -0.4 is 9.62 Å². The van der Waals surface area contributed by atoms with Crippen molar-refractivity contribution in [3.8, 4) is 0 Å². The second-order valence-corrected chi connectivity index (χ2v) is 10.7. The van der Waals surface area contributed by atoms with E-state index in [9.17, 15) is 17.6 Å². The van der Waals surface area contributed by atoms with E-state index in [-0.39, 0.29) is 18.3 Å². The number of carbonyl (C=O) groups is 1. The minimum absolute atomic E-state index is 0.167. The normalized spacial score (nSPS) is 11.2. The number of anilines is 1. The van der Waals surface area contributed by atoms with Crippen molar-refractivity contribution in [2.24, 2.45) is 0 Å². The Morgan fingerprint density at radius 3 is 2.36 bits per heavy atom. The van der Waals surface area contributed by atoms with Crippen LogP contribution in [0.5, 0.6) is 0 Å². The number of sulfonamides is 1. The molecule has 0 saturated heterocycles. The molecule has 3 rings (SSSR count). The largest absolute Gasteiger partial charge is 0.351 e. The number of nitrogens with one attached hydrogen (secondary N) is 1. The summed E-state index contributed by atoms with van der Waals surface area (Å²) in [7, 11) is -3.47. The van der Waals surface area contributed by atoms with E-state index in [1.165, 1.54) is 28.4 Å². The number of nitrogens with zero attached hydrogens (tertiary/aromatic N) is 1. The average molecular weight is 507 g/mol. The van der Waals surface area contributed by atoms with E-state index >= 15 is 0 Å². The van der Waals surface area contributed by atoms with Crippen LogP contribution in [0.3, 0.4) is 0 Å². The highest BCUT2D eigenvalue weighted by Crippen LogP contribution is 2.24. The third-order valence-corrected chi connectivity index (χ3v) is 7.31. The summed E-state index contributed by atoms with van der Waals surface area (Å²) in [5.41, 5.74) is 2.28. The standard InChI is InChI=1S/C24H24ClFN2O3S2/c1-33(30,31)28(20-6-3-2-4-7-20)16-18-10-12-19(13-11-18)24(29)27-14-15-32-17-21-22(25)8-5-9-23(21)26/h2-13H,14-17H2,1H3,(H,27,29). The van der Waals surface area contributed by atoms with E-state index in [0.29, 0.717) is 39.9 Å². The van der Waals surface area contributed by atoms with E-state index in [4.69, 9.17) is 11.6 Å². The lowest BCUT2D eigenvalue weighted by Gasteiger charge is -2.22. The van der Waals surface area contributed by atoms with Gasteiger partial charge in [0.15, 0.2) is 0 Å². The molecule has 5 nitrogen and oxygen atoms in total. The third kappa shape index (κ3) is 7.22. The number of carbonyl (C=O) groups excluding carboxylic acids is 1. The molecule has 0 radical (unpaired) electrons. The van der Waals surface area contributed by atoms with E-state index in [0.717, 1.165) is 5.56 Å². The van der Waals surface area contributed by atoms with E-state index < -0.39 is 10.0 Å². The molecule has 0 aliphatic rings. The quantitative estimate of drug-likeness (QED) is 0.388. The van der Waals surface area contributed by atoms with Crippen LogP contribution >= 0.6 is 23.4 Å². The fourth-order valence-corrected chi connectivity index (χ4v) is 5.19. The van der Waals surface area contributed by atoms with Crippen molar-refractivity contribution in [3.05, 3.63) is 100 Å². The zero-order valence-electron chi connectivity index (χ0n) is 18.0. The van der Waals surface area contributed by atoms with Crippen LogP contribution in [0, 0.1) is 5.82 Å². The highest BCUT2D eigenvalue weighted by Gasteiger charge is 2.18. The van der Waals surface area contributed by atoms with E-state index in [1.807, 2.05) is 6.07 Å². The van der Waals surface area contributed by atoms with Crippen molar-refractivity contribution < 1.29 is 17.6 Å². The molecule has 3 aromatic rings. The lowest BCUT2D eigenvalue weighted by Crippen LogP contribution is -2.29. The van der Waals surface area contributed by atoms with Crippen LogP contribution in [0.15, 0.2) is 72.8 Å². The molecule has 1 amide bonds. The summed E-state index contributed by atoms with van der Waals surface area (Å²) in [6.45, 7) is 0.590. The molecule has 0 aliphatic carbocycles. The molecule has 0 fully saturated rings. The lowest BCUT2D eigenvalue weighted by atomic mass is 10.1. The Balaban J connectivity index is 1.51. The predicted octanol–water partition coefficient (Wildman–Crippen LogP) is 5.11. The molecule has 0 atom stereocenters. The monoisotopic (exact) mass is 506 g/mol. The number of para-hydroxylation sites is 1. The summed E-state index contributed by atoms with van der Waals surface area (Å²) in [6.07, 6.45) is 1.17. The molecule has 0 heterocycles. The first-order valence-electron chi connectivity index (χ1n) is 10.2. The molecule has 0 saturated carbocycles.